The summed E-state index contributed by atoms with van der Waals surface area (Å²) >= 11 is 1.30. The van der Waals surface area contributed by atoms with Crippen molar-refractivity contribution < 1.29 is 9.53 Å². The number of thiazole rings is 1. The average molecular weight is 237 g/mol. The lowest BCUT2D eigenvalue weighted by Crippen LogP contribution is -2.29. The van der Waals surface area contributed by atoms with E-state index in [2.05, 4.69) is 10.4 Å². The first-order chi connectivity index (χ1) is 7.67. The molecule has 2 aromatic rings. The van der Waals surface area contributed by atoms with Gasteiger partial charge in [0.1, 0.15) is 11.3 Å². The van der Waals surface area contributed by atoms with Crippen LogP contribution in [-0.4, -0.2) is 18.0 Å². The molecule has 0 fully saturated rings. The van der Waals surface area contributed by atoms with Crippen LogP contribution in [0.25, 0.3) is 10.2 Å². The van der Waals surface area contributed by atoms with E-state index in [0.29, 0.717) is 16.3 Å². The van der Waals surface area contributed by atoms with Crippen LogP contribution < -0.4 is 16.0 Å². The summed E-state index contributed by atoms with van der Waals surface area (Å²) in [6, 6.07) is 3.77. The highest BCUT2D eigenvalue weighted by atomic mass is 32.1. The molecular formula is C10H11N3O2S. The second-order valence-electron chi connectivity index (χ2n) is 3.25. The lowest BCUT2D eigenvalue weighted by molar-refractivity contribution is 0.0953. The summed E-state index contributed by atoms with van der Waals surface area (Å²) in [5.74, 6) is 5.34. The van der Waals surface area contributed by atoms with Gasteiger partial charge in [0.25, 0.3) is 5.91 Å². The fraction of sp³-hybridized carbons (Fsp3) is 0.200. The topological polar surface area (TPSA) is 77.2 Å². The van der Waals surface area contributed by atoms with Crippen molar-refractivity contribution in [2.75, 3.05) is 7.11 Å². The van der Waals surface area contributed by atoms with Crippen LogP contribution in [0.3, 0.4) is 0 Å². The number of nitrogens with two attached hydrogens (primary N) is 1. The van der Waals surface area contributed by atoms with E-state index in [-0.39, 0.29) is 5.91 Å². The number of ether oxygens (including phenoxy) is 1. The molecule has 6 heteroatoms. The zero-order chi connectivity index (χ0) is 11.7. The third kappa shape index (κ3) is 1.62. The average Bonchev–Trinajstić information content (AvgIpc) is 2.74. The third-order valence-corrected chi connectivity index (χ3v) is 3.44. The molecule has 0 saturated carbocycles. The van der Waals surface area contributed by atoms with Crippen LogP contribution in [0, 0.1) is 6.92 Å². The molecule has 0 spiro atoms. The Labute approximate surface area is 96.2 Å². The molecule has 0 unspecified atom stereocenters. The molecule has 5 nitrogen and oxygen atoms in total. The van der Waals surface area contributed by atoms with Crippen LogP contribution in [0.4, 0.5) is 0 Å². The normalized spacial score (nSPS) is 10.4. The molecule has 1 amide bonds. The van der Waals surface area contributed by atoms with Crippen LogP contribution in [0.15, 0.2) is 12.1 Å². The Morgan fingerprint density at radius 1 is 1.56 bits per heavy atom. The lowest BCUT2D eigenvalue weighted by Gasteiger charge is -2.01. The van der Waals surface area contributed by atoms with Gasteiger partial charge < -0.3 is 4.74 Å². The number of hydrogen-bond donors (Lipinski definition) is 2. The minimum atomic E-state index is -0.386. The summed E-state index contributed by atoms with van der Waals surface area (Å²) in [5.41, 5.74) is 3.83. The first-order valence-corrected chi connectivity index (χ1v) is 5.44. The van der Waals surface area contributed by atoms with Crippen LogP contribution in [0.5, 0.6) is 5.75 Å². The summed E-state index contributed by atoms with van der Waals surface area (Å²) in [6.45, 7) is 1.96. The van der Waals surface area contributed by atoms with E-state index < -0.39 is 0 Å². The van der Waals surface area contributed by atoms with E-state index in [1.807, 2.05) is 19.1 Å². The summed E-state index contributed by atoms with van der Waals surface area (Å²) in [5, 5.41) is 0.338. The van der Waals surface area contributed by atoms with Gasteiger partial charge in [0.2, 0.25) is 0 Å². The highest BCUT2D eigenvalue weighted by Gasteiger charge is 2.15. The van der Waals surface area contributed by atoms with Gasteiger partial charge in [-0.05, 0) is 18.6 Å². The summed E-state index contributed by atoms with van der Waals surface area (Å²) in [6.07, 6.45) is 0. The number of amides is 1. The minimum absolute atomic E-state index is 0.338. The number of carbonyl (C=O) groups is 1. The third-order valence-electron chi connectivity index (χ3n) is 2.25. The number of aryl methyl sites for hydroxylation is 1. The molecule has 3 N–H and O–H groups in total. The number of methoxy groups -OCH3 is 1. The van der Waals surface area contributed by atoms with Crippen LogP contribution in [0.1, 0.15) is 15.4 Å². The Balaban J connectivity index is 2.68. The van der Waals surface area contributed by atoms with Crippen molar-refractivity contribution in [3.05, 3.63) is 22.7 Å². The maximum absolute atomic E-state index is 11.4. The molecule has 0 saturated heterocycles. The van der Waals surface area contributed by atoms with Gasteiger partial charge in [-0.25, -0.2) is 10.8 Å². The number of carbonyl (C=O) groups excluding carboxylic acids is 1. The smallest absolute Gasteiger partial charge is 0.294 e. The Hall–Kier alpha value is -1.66. The molecule has 0 aliphatic heterocycles. The van der Waals surface area contributed by atoms with Crippen molar-refractivity contribution in [2.24, 2.45) is 5.84 Å². The Morgan fingerprint density at radius 2 is 2.31 bits per heavy atom. The molecule has 0 aliphatic rings. The zero-order valence-corrected chi connectivity index (χ0v) is 9.72. The van der Waals surface area contributed by atoms with Crippen molar-refractivity contribution in [2.45, 2.75) is 6.92 Å². The quantitative estimate of drug-likeness (QED) is 0.467. The zero-order valence-electron chi connectivity index (χ0n) is 8.90. The predicted octanol–water partition coefficient (Wildman–Crippen LogP) is 1.22. The minimum Gasteiger partial charge on any atom is -0.494 e. The van der Waals surface area contributed by atoms with Crippen molar-refractivity contribution in [1.82, 2.24) is 10.4 Å². The molecule has 0 radical (unpaired) electrons. The molecule has 1 heterocycles. The lowest BCUT2D eigenvalue weighted by atomic mass is 10.2. The number of nitrogens with one attached hydrogen (secondary N) is 1. The Kier molecular flexibility index (Phi) is 2.76. The summed E-state index contributed by atoms with van der Waals surface area (Å²) < 4.78 is 6.13. The SMILES string of the molecule is COc1ccc(C)c2sc(C(=O)NN)nc12. The number of nitrogens with zero attached hydrogens (tertiary/aromatic N) is 1. The number of aromatic nitrogens is 1. The highest BCUT2D eigenvalue weighted by molar-refractivity contribution is 7.20. The van der Waals surface area contributed by atoms with Gasteiger partial charge in [-0.1, -0.05) is 6.07 Å². The van der Waals surface area contributed by atoms with Gasteiger partial charge in [0, 0.05) is 0 Å². The first-order valence-electron chi connectivity index (χ1n) is 4.62. The molecule has 84 valence electrons. The maximum atomic E-state index is 11.4. The monoisotopic (exact) mass is 237 g/mol. The van der Waals surface area contributed by atoms with Crippen molar-refractivity contribution in [3.63, 3.8) is 0 Å². The highest BCUT2D eigenvalue weighted by Crippen LogP contribution is 2.32. The molecular weight excluding hydrogens is 226 g/mol. The second-order valence-corrected chi connectivity index (χ2v) is 4.25. The largest absolute Gasteiger partial charge is 0.494 e. The molecule has 2 rings (SSSR count). The standard InChI is InChI=1S/C10H11N3O2S/c1-5-3-4-6(15-2)7-8(5)16-10(12-7)9(14)13-11/h3-4H,11H2,1-2H3,(H,13,14). The molecule has 0 bridgehead atoms. The Morgan fingerprint density at radius 3 is 2.94 bits per heavy atom. The predicted molar refractivity (Wildman–Crippen MR) is 62.6 cm³/mol. The van der Waals surface area contributed by atoms with Crippen LogP contribution >= 0.6 is 11.3 Å². The van der Waals surface area contributed by atoms with Crippen LogP contribution in [-0.2, 0) is 0 Å². The van der Waals surface area contributed by atoms with Crippen molar-refractivity contribution >= 4 is 27.5 Å². The summed E-state index contributed by atoms with van der Waals surface area (Å²) in [4.78, 5) is 15.6. The fourth-order valence-corrected chi connectivity index (χ4v) is 2.39. The van der Waals surface area contributed by atoms with Gasteiger partial charge >= 0.3 is 0 Å². The van der Waals surface area contributed by atoms with E-state index in [1.165, 1.54) is 11.3 Å². The van der Waals surface area contributed by atoms with E-state index in [1.54, 1.807) is 7.11 Å². The second kappa shape index (κ2) is 4.07. The fourth-order valence-electron chi connectivity index (χ4n) is 1.43. The maximum Gasteiger partial charge on any atom is 0.294 e. The Bertz CT molecular complexity index is 550. The number of fused-ring (bicyclic) bond motifs is 1. The van der Waals surface area contributed by atoms with E-state index in [0.717, 1.165) is 10.3 Å². The molecule has 16 heavy (non-hydrogen) atoms. The molecule has 1 aromatic heterocycles. The van der Waals surface area contributed by atoms with Gasteiger partial charge in [0.15, 0.2) is 5.01 Å². The molecule has 1 aromatic carbocycles. The van der Waals surface area contributed by atoms with Crippen LogP contribution in [0.2, 0.25) is 0 Å². The number of hydrogen-bond acceptors (Lipinski definition) is 5. The number of hydrazine groups is 1. The van der Waals surface area contributed by atoms with Gasteiger partial charge in [-0.15, -0.1) is 11.3 Å². The van der Waals surface area contributed by atoms with Crippen molar-refractivity contribution in [3.8, 4) is 5.75 Å². The summed E-state index contributed by atoms with van der Waals surface area (Å²) in [7, 11) is 1.58. The first kappa shape index (κ1) is 10.8. The number of nitrogen functional groups attached to an aromatic ring is 1. The molecule has 0 atom stereocenters. The number of benzene rings is 1. The number of rotatable bonds is 2. The van der Waals surface area contributed by atoms with Crippen molar-refractivity contribution in [1.29, 1.82) is 0 Å². The van der Waals surface area contributed by atoms with Gasteiger partial charge in [0.05, 0.1) is 11.8 Å². The molecule has 0 aliphatic carbocycles. The van der Waals surface area contributed by atoms with Gasteiger partial charge in [-0.2, -0.15) is 0 Å². The van der Waals surface area contributed by atoms with E-state index in [4.69, 9.17) is 10.6 Å². The van der Waals surface area contributed by atoms with Gasteiger partial charge in [-0.3, -0.25) is 10.2 Å². The van der Waals surface area contributed by atoms with E-state index >= 15 is 0 Å². The van der Waals surface area contributed by atoms with E-state index in [9.17, 15) is 4.79 Å².